The fourth-order valence-corrected chi connectivity index (χ4v) is 5.05. The summed E-state index contributed by atoms with van der Waals surface area (Å²) in [5.41, 5.74) is 0.806. The molecule has 1 aliphatic heterocycles. The van der Waals surface area contributed by atoms with Gasteiger partial charge in [-0.15, -0.1) is 0 Å². The van der Waals surface area contributed by atoms with Crippen LogP contribution in [0.25, 0.3) is 11.7 Å². The lowest BCUT2D eigenvalue weighted by Gasteiger charge is -2.24. The minimum Gasteiger partial charge on any atom is -0.367 e. The van der Waals surface area contributed by atoms with Crippen LogP contribution >= 0.6 is 24.0 Å². The number of carbonyl (C=O) groups is 1. The first-order valence-corrected chi connectivity index (χ1v) is 10.8. The Bertz CT molecular complexity index is 1020. The number of aromatic nitrogens is 2. The molecular weight excluding hydrogens is 392 g/mol. The second-order valence-corrected chi connectivity index (χ2v) is 8.69. The maximum Gasteiger partial charge on any atom is 0.267 e. The smallest absolute Gasteiger partial charge is 0.267 e. The minimum absolute atomic E-state index is 0.154. The number of fused-ring (bicyclic) bond motifs is 1. The SMILES string of the molecule is CCN1C(=O)C(=Cc2c(NC3CCCCC3)nc3ccccn3c2=O)SC1=S. The molecule has 1 aliphatic carbocycles. The van der Waals surface area contributed by atoms with Gasteiger partial charge < -0.3 is 5.32 Å². The van der Waals surface area contributed by atoms with Crippen molar-refractivity contribution in [2.24, 2.45) is 0 Å². The van der Waals surface area contributed by atoms with E-state index in [2.05, 4.69) is 5.32 Å². The Kier molecular flexibility index (Phi) is 5.50. The zero-order valence-corrected chi connectivity index (χ0v) is 17.3. The normalized spacial score (nSPS) is 19.8. The molecule has 8 heteroatoms. The minimum atomic E-state index is -0.189. The second-order valence-electron chi connectivity index (χ2n) is 7.01. The predicted octanol–water partition coefficient (Wildman–Crippen LogP) is 3.66. The molecule has 1 N–H and O–H groups in total. The molecule has 0 radical (unpaired) electrons. The van der Waals surface area contributed by atoms with E-state index in [0.29, 0.717) is 38.8 Å². The number of amides is 1. The molecule has 146 valence electrons. The van der Waals surface area contributed by atoms with Crippen molar-refractivity contribution in [1.82, 2.24) is 14.3 Å². The lowest BCUT2D eigenvalue weighted by atomic mass is 9.95. The van der Waals surface area contributed by atoms with E-state index in [0.717, 1.165) is 12.8 Å². The first-order chi connectivity index (χ1) is 13.6. The summed E-state index contributed by atoms with van der Waals surface area (Å²) in [6.07, 6.45) is 9.07. The second kappa shape index (κ2) is 8.05. The Hall–Kier alpha value is -2.19. The van der Waals surface area contributed by atoms with E-state index in [1.807, 2.05) is 19.1 Å². The van der Waals surface area contributed by atoms with Crippen LogP contribution in [0.4, 0.5) is 5.82 Å². The topological polar surface area (TPSA) is 66.7 Å². The highest BCUT2D eigenvalue weighted by atomic mass is 32.2. The molecule has 3 heterocycles. The molecule has 2 fully saturated rings. The number of anilines is 1. The van der Waals surface area contributed by atoms with Gasteiger partial charge in [0.1, 0.15) is 15.8 Å². The van der Waals surface area contributed by atoms with E-state index in [4.69, 9.17) is 17.2 Å². The van der Waals surface area contributed by atoms with Gasteiger partial charge in [0.15, 0.2) is 0 Å². The largest absolute Gasteiger partial charge is 0.367 e. The van der Waals surface area contributed by atoms with Crippen LogP contribution in [0.15, 0.2) is 34.1 Å². The van der Waals surface area contributed by atoms with E-state index in [1.165, 1.54) is 35.4 Å². The Morgan fingerprint density at radius 1 is 1.29 bits per heavy atom. The first-order valence-electron chi connectivity index (χ1n) is 9.61. The Balaban J connectivity index is 1.81. The van der Waals surface area contributed by atoms with Gasteiger partial charge in [0.2, 0.25) is 0 Å². The molecule has 28 heavy (non-hydrogen) atoms. The Morgan fingerprint density at radius 3 is 2.79 bits per heavy atom. The van der Waals surface area contributed by atoms with Crippen molar-refractivity contribution < 1.29 is 4.79 Å². The zero-order valence-electron chi connectivity index (χ0n) is 15.7. The Morgan fingerprint density at radius 2 is 2.07 bits per heavy atom. The predicted molar refractivity (Wildman–Crippen MR) is 118 cm³/mol. The number of nitrogens with one attached hydrogen (secondary N) is 1. The van der Waals surface area contributed by atoms with Crippen molar-refractivity contribution >= 4 is 51.7 Å². The van der Waals surface area contributed by atoms with Gasteiger partial charge in [0, 0.05) is 18.8 Å². The van der Waals surface area contributed by atoms with Crippen LogP contribution in [0.1, 0.15) is 44.6 Å². The van der Waals surface area contributed by atoms with Gasteiger partial charge in [-0.05, 0) is 38.0 Å². The number of thiocarbonyl (C=S) groups is 1. The molecule has 4 rings (SSSR count). The molecule has 1 saturated carbocycles. The average molecular weight is 415 g/mol. The molecule has 0 atom stereocenters. The molecule has 1 amide bonds. The van der Waals surface area contributed by atoms with Crippen molar-refractivity contribution in [2.75, 3.05) is 11.9 Å². The summed E-state index contributed by atoms with van der Waals surface area (Å²) in [5, 5.41) is 3.47. The molecule has 6 nitrogen and oxygen atoms in total. The summed E-state index contributed by atoms with van der Waals surface area (Å²) in [4.78, 5) is 32.5. The van der Waals surface area contributed by atoms with Crippen molar-refractivity contribution in [3.63, 3.8) is 0 Å². The quantitative estimate of drug-likeness (QED) is 0.608. The van der Waals surface area contributed by atoms with E-state index >= 15 is 0 Å². The molecule has 2 aromatic rings. The molecule has 0 unspecified atom stereocenters. The van der Waals surface area contributed by atoms with Gasteiger partial charge in [0.05, 0.1) is 10.5 Å². The summed E-state index contributed by atoms with van der Waals surface area (Å²) < 4.78 is 2.03. The standard InChI is InChI=1S/C20H22N4O2S2/c1-2-23-19(26)15(28-20(23)27)12-14-17(21-13-8-4-3-5-9-13)22-16-10-6-7-11-24(16)18(14)25/h6-7,10-13,21H,2-5,8-9H2,1H3. The van der Waals surface area contributed by atoms with Crippen LogP contribution in [0, 0.1) is 0 Å². The maximum atomic E-state index is 13.2. The summed E-state index contributed by atoms with van der Waals surface area (Å²) in [7, 11) is 0. The maximum absolute atomic E-state index is 13.2. The number of carbonyl (C=O) groups excluding carboxylic acids is 1. The summed E-state index contributed by atoms with van der Waals surface area (Å²) in [6, 6.07) is 5.76. The molecular formula is C20H22N4O2S2. The summed E-state index contributed by atoms with van der Waals surface area (Å²) in [5.74, 6) is 0.392. The van der Waals surface area contributed by atoms with Crippen molar-refractivity contribution in [3.05, 3.63) is 45.2 Å². The number of hydrogen-bond donors (Lipinski definition) is 1. The number of hydrogen-bond acceptors (Lipinski definition) is 6. The molecule has 0 spiro atoms. The van der Waals surface area contributed by atoms with Crippen LogP contribution in [-0.2, 0) is 4.79 Å². The van der Waals surface area contributed by atoms with Crippen molar-refractivity contribution in [2.45, 2.75) is 45.1 Å². The molecule has 1 saturated heterocycles. The van der Waals surface area contributed by atoms with Gasteiger partial charge in [-0.2, -0.15) is 0 Å². The van der Waals surface area contributed by atoms with Gasteiger partial charge in [-0.25, -0.2) is 4.98 Å². The van der Waals surface area contributed by atoms with Crippen molar-refractivity contribution in [3.8, 4) is 0 Å². The molecule has 2 aromatic heterocycles. The summed E-state index contributed by atoms with van der Waals surface area (Å²) >= 11 is 6.53. The number of rotatable bonds is 4. The van der Waals surface area contributed by atoms with Crippen LogP contribution in [0.2, 0.25) is 0 Å². The third-order valence-corrected chi connectivity index (χ3v) is 6.56. The van der Waals surface area contributed by atoms with Gasteiger partial charge in [-0.1, -0.05) is 49.3 Å². The van der Waals surface area contributed by atoms with E-state index < -0.39 is 0 Å². The fourth-order valence-electron chi connectivity index (χ4n) is 3.69. The number of thioether (sulfide) groups is 1. The van der Waals surface area contributed by atoms with Crippen molar-refractivity contribution in [1.29, 1.82) is 0 Å². The fraction of sp³-hybridized carbons (Fsp3) is 0.400. The van der Waals surface area contributed by atoms with Crippen LogP contribution < -0.4 is 10.9 Å². The lowest BCUT2D eigenvalue weighted by Crippen LogP contribution is -2.28. The number of pyridine rings is 1. The molecule has 0 aromatic carbocycles. The highest BCUT2D eigenvalue weighted by Crippen LogP contribution is 2.33. The first kappa shape index (κ1) is 19.1. The average Bonchev–Trinajstić information content (AvgIpc) is 2.98. The van der Waals surface area contributed by atoms with Gasteiger partial charge >= 0.3 is 0 Å². The third-order valence-electron chi connectivity index (χ3n) is 5.18. The monoisotopic (exact) mass is 414 g/mol. The van der Waals surface area contributed by atoms with Gasteiger partial charge in [-0.3, -0.25) is 18.9 Å². The summed E-state index contributed by atoms with van der Waals surface area (Å²) in [6.45, 7) is 2.40. The Labute approximate surface area is 173 Å². The zero-order chi connectivity index (χ0) is 19.7. The van der Waals surface area contributed by atoms with Gasteiger partial charge in [0.25, 0.3) is 11.5 Å². The highest BCUT2D eigenvalue weighted by Gasteiger charge is 2.31. The highest BCUT2D eigenvalue weighted by molar-refractivity contribution is 8.26. The molecule has 0 bridgehead atoms. The number of likely N-dealkylation sites (N-methyl/N-ethyl adjacent to an activating group) is 1. The lowest BCUT2D eigenvalue weighted by molar-refractivity contribution is -0.121. The van der Waals surface area contributed by atoms with Crippen LogP contribution in [-0.4, -0.2) is 37.1 Å². The molecule has 2 aliphatic rings. The number of nitrogens with zero attached hydrogens (tertiary/aromatic N) is 3. The van der Waals surface area contributed by atoms with Crippen LogP contribution in [0.5, 0.6) is 0 Å². The van der Waals surface area contributed by atoms with E-state index in [1.54, 1.807) is 23.2 Å². The van der Waals surface area contributed by atoms with E-state index in [9.17, 15) is 9.59 Å². The third kappa shape index (κ3) is 3.58. The van der Waals surface area contributed by atoms with Crippen LogP contribution in [0.3, 0.4) is 0 Å². The van der Waals surface area contributed by atoms with E-state index in [-0.39, 0.29) is 11.5 Å².